The first kappa shape index (κ1) is 16.0. The molecular weight excluding hydrogens is 318 g/mol. The monoisotopic (exact) mass is 335 g/mol. The summed E-state index contributed by atoms with van der Waals surface area (Å²) in [5.41, 5.74) is 5.89. The van der Waals surface area contributed by atoms with E-state index < -0.39 is 0 Å². The van der Waals surface area contributed by atoms with Gasteiger partial charge in [-0.2, -0.15) is 5.10 Å². The van der Waals surface area contributed by atoms with Crippen molar-refractivity contribution in [3.8, 4) is 17.0 Å². The predicted octanol–water partition coefficient (Wildman–Crippen LogP) is 4.82. The van der Waals surface area contributed by atoms with Gasteiger partial charge >= 0.3 is 0 Å². The summed E-state index contributed by atoms with van der Waals surface area (Å²) in [5, 5.41) is 7.01. The number of hydrazone groups is 1. The molecule has 0 atom stereocenters. The van der Waals surface area contributed by atoms with Crippen LogP contribution < -0.4 is 10.2 Å². The molecule has 1 heterocycles. The molecule has 4 nitrogen and oxygen atoms in total. The summed E-state index contributed by atoms with van der Waals surface area (Å²) in [6, 6.07) is 17.8. The molecule has 24 heavy (non-hydrogen) atoms. The molecule has 0 saturated heterocycles. The molecule has 2 aromatic carbocycles. The van der Waals surface area contributed by atoms with Crippen molar-refractivity contribution in [2.45, 2.75) is 0 Å². The van der Waals surface area contributed by atoms with E-state index in [1.165, 1.54) is 11.3 Å². The van der Waals surface area contributed by atoms with Gasteiger partial charge in [0.2, 0.25) is 5.13 Å². The highest BCUT2D eigenvalue weighted by Gasteiger charge is 2.03. The Kier molecular flexibility index (Phi) is 5.37. The van der Waals surface area contributed by atoms with Crippen LogP contribution >= 0.6 is 11.3 Å². The quantitative estimate of drug-likeness (QED) is 0.382. The second kappa shape index (κ2) is 8.08. The van der Waals surface area contributed by atoms with Gasteiger partial charge in [-0.15, -0.1) is 11.3 Å². The van der Waals surface area contributed by atoms with E-state index in [2.05, 4.69) is 22.1 Å². The van der Waals surface area contributed by atoms with Gasteiger partial charge in [0.05, 0.1) is 11.9 Å². The van der Waals surface area contributed by atoms with Crippen LogP contribution in [0.15, 0.2) is 77.7 Å². The van der Waals surface area contributed by atoms with Crippen molar-refractivity contribution in [3.63, 3.8) is 0 Å². The van der Waals surface area contributed by atoms with Crippen LogP contribution in [0.5, 0.6) is 5.75 Å². The van der Waals surface area contributed by atoms with E-state index in [1.807, 2.05) is 60.0 Å². The predicted molar refractivity (Wildman–Crippen MR) is 101 cm³/mol. The molecule has 1 aromatic heterocycles. The molecule has 120 valence electrons. The SMILES string of the molecule is C=CCOc1ccccc1/C=N/Nc1nc(-c2ccccc2)cs1. The first-order valence-electron chi connectivity index (χ1n) is 7.49. The number of hydrogen-bond acceptors (Lipinski definition) is 5. The van der Waals surface area contributed by atoms with Crippen LogP contribution in [0, 0.1) is 0 Å². The summed E-state index contributed by atoms with van der Waals surface area (Å²) in [6.45, 7) is 4.12. The third-order valence-corrected chi connectivity index (χ3v) is 3.96. The number of rotatable bonds is 7. The molecule has 1 N–H and O–H groups in total. The fourth-order valence-corrected chi connectivity index (χ4v) is 2.76. The minimum absolute atomic E-state index is 0.463. The van der Waals surface area contributed by atoms with Crippen molar-refractivity contribution < 1.29 is 4.74 Å². The number of aromatic nitrogens is 1. The highest BCUT2D eigenvalue weighted by molar-refractivity contribution is 7.14. The van der Waals surface area contributed by atoms with Crippen molar-refractivity contribution in [1.29, 1.82) is 0 Å². The molecule has 0 radical (unpaired) electrons. The van der Waals surface area contributed by atoms with Crippen LogP contribution in [0.4, 0.5) is 5.13 Å². The highest BCUT2D eigenvalue weighted by atomic mass is 32.1. The Hall–Kier alpha value is -2.92. The number of hydrogen-bond donors (Lipinski definition) is 1. The smallest absolute Gasteiger partial charge is 0.203 e. The highest BCUT2D eigenvalue weighted by Crippen LogP contribution is 2.24. The van der Waals surface area contributed by atoms with Gasteiger partial charge in [-0.25, -0.2) is 4.98 Å². The molecule has 5 heteroatoms. The third kappa shape index (κ3) is 4.08. The van der Waals surface area contributed by atoms with Gasteiger partial charge in [0.1, 0.15) is 12.4 Å². The van der Waals surface area contributed by atoms with Gasteiger partial charge in [0.15, 0.2) is 0 Å². The molecule has 0 aliphatic carbocycles. The Morgan fingerprint density at radius 2 is 1.92 bits per heavy atom. The number of para-hydroxylation sites is 1. The summed E-state index contributed by atoms with van der Waals surface area (Å²) in [5.74, 6) is 0.770. The first-order chi connectivity index (χ1) is 11.9. The molecular formula is C19H17N3OS. The molecule has 0 amide bonds. The maximum absolute atomic E-state index is 5.60. The molecule has 0 bridgehead atoms. The zero-order valence-electron chi connectivity index (χ0n) is 13.1. The van der Waals surface area contributed by atoms with Gasteiger partial charge in [-0.3, -0.25) is 5.43 Å². The molecule has 0 spiro atoms. The summed E-state index contributed by atoms with van der Waals surface area (Å²) >= 11 is 1.52. The zero-order valence-corrected chi connectivity index (χ0v) is 13.9. The van der Waals surface area contributed by atoms with Crippen LogP contribution in [0.3, 0.4) is 0 Å². The van der Waals surface area contributed by atoms with E-state index in [-0.39, 0.29) is 0 Å². The molecule has 0 unspecified atom stereocenters. The summed E-state index contributed by atoms with van der Waals surface area (Å²) < 4.78 is 5.60. The molecule has 0 fully saturated rings. The molecule has 0 aliphatic heterocycles. The lowest BCUT2D eigenvalue weighted by atomic mass is 10.2. The van der Waals surface area contributed by atoms with Crippen molar-refractivity contribution >= 4 is 22.7 Å². The lowest BCUT2D eigenvalue weighted by molar-refractivity contribution is 0.363. The Morgan fingerprint density at radius 1 is 1.12 bits per heavy atom. The van der Waals surface area contributed by atoms with E-state index >= 15 is 0 Å². The van der Waals surface area contributed by atoms with Crippen LogP contribution in [0.25, 0.3) is 11.3 Å². The van der Waals surface area contributed by atoms with Gasteiger partial charge in [0.25, 0.3) is 0 Å². The van der Waals surface area contributed by atoms with Crippen LogP contribution in [-0.4, -0.2) is 17.8 Å². The van der Waals surface area contributed by atoms with Crippen LogP contribution in [0.2, 0.25) is 0 Å². The van der Waals surface area contributed by atoms with Crippen molar-refractivity contribution in [2.75, 3.05) is 12.0 Å². The molecule has 0 saturated carbocycles. The molecule has 3 rings (SSSR count). The van der Waals surface area contributed by atoms with Crippen molar-refractivity contribution in [2.24, 2.45) is 5.10 Å². The lowest BCUT2D eigenvalue weighted by Crippen LogP contribution is -1.97. The van der Waals surface area contributed by atoms with E-state index in [9.17, 15) is 0 Å². The number of ether oxygens (including phenoxy) is 1. The topological polar surface area (TPSA) is 46.5 Å². The summed E-state index contributed by atoms with van der Waals surface area (Å²) in [6.07, 6.45) is 3.44. The summed E-state index contributed by atoms with van der Waals surface area (Å²) in [7, 11) is 0. The summed E-state index contributed by atoms with van der Waals surface area (Å²) in [4.78, 5) is 4.53. The average Bonchev–Trinajstić information content (AvgIpc) is 3.10. The number of nitrogens with one attached hydrogen (secondary N) is 1. The minimum Gasteiger partial charge on any atom is -0.489 e. The van der Waals surface area contributed by atoms with Gasteiger partial charge in [-0.1, -0.05) is 55.1 Å². The second-order valence-corrected chi connectivity index (χ2v) is 5.77. The fourth-order valence-electron chi connectivity index (χ4n) is 2.09. The minimum atomic E-state index is 0.463. The average molecular weight is 335 g/mol. The number of benzene rings is 2. The first-order valence-corrected chi connectivity index (χ1v) is 8.37. The van der Waals surface area contributed by atoms with E-state index in [0.29, 0.717) is 6.61 Å². The lowest BCUT2D eigenvalue weighted by Gasteiger charge is -2.05. The van der Waals surface area contributed by atoms with Gasteiger partial charge in [0, 0.05) is 16.5 Å². The number of thiazole rings is 1. The van der Waals surface area contributed by atoms with Crippen LogP contribution in [0.1, 0.15) is 5.56 Å². The normalized spacial score (nSPS) is 10.7. The maximum Gasteiger partial charge on any atom is 0.203 e. The van der Waals surface area contributed by atoms with Gasteiger partial charge < -0.3 is 4.74 Å². The molecule has 0 aliphatic rings. The number of anilines is 1. The maximum atomic E-state index is 5.60. The van der Waals surface area contributed by atoms with E-state index in [1.54, 1.807) is 12.3 Å². The Labute approximate surface area is 145 Å². The number of nitrogens with zero attached hydrogens (tertiary/aromatic N) is 2. The Bertz CT molecular complexity index is 827. The van der Waals surface area contributed by atoms with E-state index in [4.69, 9.17) is 4.74 Å². The zero-order chi connectivity index (χ0) is 16.6. The van der Waals surface area contributed by atoms with Crippen molar-refractivity contribution in [3.05, 3.63) is 78.2 Å². The standard InChI is InChI=1S/C19H17N3OS/c1-2-12-23-18-11-7-6-10-16(18)13-20-22-19-21-17(14-24-19)15-8-4-3-5-9-15/h2-11,13-14H,1,12H2,(H,21,22)/b20-13+. The van der Waals surface area contributed by atoms with Crippen LogP contribution in [-0.2, 0) is 0 Å². The third-order valence-electron chi connectivity index (χ3n) is 3.21. The largest absolute Gasteiger partial charge is 0.489 e. The fraction of sp³-hybridized carbons (Fsp3) is 0.0526. The van der Waals surface area contributed by atoms with Gasteiger partial charge in [-0.05, 0) is 12.1 Å². The second-order valence-electron chi connectivity index (χ2n) is 4.91. The van der Waals surface area contributed by atoms with Crippen molar-refractivity contribution in [1.82, 2.24) is 4.98 Å². The Balaban J connectivity index is 1.67. The van der Waals surface area contributed by atoms with E-state index in [0.717, 1.165) is 27.7 Å². The molecule has 3 aromatic rings. The Morgan fingerprint density at radius 3 is 2.75 bits per heavy atom.